The quantitative estimate of drug-likeness (QED) is 0.658. The number of piperazine rings is 1. The van der Waals surface area contributed by atoms with Gasteiger partial charge in [-0.3, -0.25) is 9.59 Å². The molecule has 0 aliphatic carbocycles. The van der Waals surface area contributed by atoms with Gasteiger partial charge in [-0.2, -0.15) is 0 Å². The van der Waals surface area contributed by atoms with Crippen LogP contribution in [0.5, 0.6) is 0 Å². The van der Waals surface area contributed by atoms with Crippen molar-refractivity contribution < 1.29 is 18.9 Å². The van der Waals surface area contributed by atoms with E-state index in [1.54, 1.807) is 16.2 Å². The largest absolute Gasteiger partial charge is 0.343 e. The number of carbonyl (C=O) groups excluding carboxylic acids is 2. The second-order valence-corrected chi connectivity index (χ2v) is 8.19. The summed E-state index contributed by atoms with van der Waals surface area (Å²) in [4.78, 5) is 32.3. The third-order valence-corrected chi connectivity index (χ3v) is 6.11. The summed E-state index contributed by atoms with van der Waals surface area (Å²) < 4.78 is 14.1. The predicted octanol–water partition coefficient (Wildman–Crippen LogP) is 1.09. The first kappa shape index (κ1) is 19.5. The lowest BCUT2D eigenvalue weighted by atomic mass is 10.2. The van der Waals surface area contributed by atoms with E-state index >= 15 is 0 Å². The van der Waals surface area contributed by atoms with Crippen LogP contribution >= 0.6 is 11.3 Å². The summed E-state index contributed by atoms with van der Waals surface area (Å²) in [6, 6.07) is 13.4. The number of nitrogens with one attached hydrogen (secondary N) is 2. The van der Waals surface area contributed by atoms with Crippen molar-refractivity contribution >= 4 is 33.4 Å². The molecule has 3 aromatic rings. The molecule has 0 saturated carbocycles. The summed E-state index contributed by atoms with van der Waals surface area (Å²) >= 11 is 1.72. The molecule has 1 aliphatic rings. The van der Waals surface area contributed by atoms with Gasteiger partial charge < -0.3 is 15.1 Å². The summed E-state index contributed by atoms with van der Waals surface area (Å²) in [7, 11) is 0. The van der Waals surface area contributed by atoms with E-state index in [9.17, 15) is 14.0 Å². The van der Waals surface area contributed by atoms with Crippen LogP contribution < -0.4 is 10.2 Å². The standard InChI is InChI=1S/C21H21FN4O2S/c22-16-7-5-15(6-8-16)21(28)23-13-20(27)26-11-9-25(10-12-26)14-19-24-17-3-1-2-4-18(17)29-19/h1-8H,9-14H2,(H,23,28)/p+1. The summed E-state index contributed by atoms with van der Waals surface area (Å²) in [5.41, 5.74) is 1.38. The van der Waals surface area contributed by atoms with Gasteiger partial charge in [-0.1, -0.05) is 12.1 Å². The second kappa shape index (κ2) is 8.67. The Morgan fingerprint density at radius 2 is 1.83 bits per heavy atom. The van der Waals surface area contributed by atoms with Gasteiger partial charge in [-0.25, -0.2) is 9.37 Å². The molecule has 8 heteroatoms. The van der Waals surface area contributed by atoms with E-state index in [0.29, 0.717) is 18.7 Å². The Balaban J connectivity index is 1.24. The highest BCUT2D eigenvalue weighted by atomic mass is 32.1. The van der Waals surface area contributed by atoms with Gasteiger partial charge in [0, 0.05) is 5.56 Å². The maximum Gasteiger partial charge on any atom is 0.251 e. The molecule has 1 aromatic heterocycles. The number of hydrogen-bond acceptors (Lipinski definition) is 4. The minimum Gasteiger partial charge on any atom is -0.343 e. The van der Waals surface area contributed by atoms with Crippen molar-refractivity contribution in [3.05, 3.63) is 64.9 Å². The first-order valence-electron chi connectivity index (χ1n) is 9.58. The predicted molar refractivity (Wildman–Crippen MR) is 109 cm³/mol. The average molecular weight is 413 g/mol. The molecule has 1 saturated heterocycles. The Hall–Kier alpha value is -2.84. The number of quaternary nitrogens is 1. The number of amides is 2. The van der Waals surface area contributed by atoms with Crippen molar-refractivity contribution in [2.45, 2.75) is 6.54 Å². The number of carbonyl (C=O) groups is 2. The van der Waals surface area contributed by atoms with Crippen molar-refractivity contribution in [2.24, 2.45) is 0 Å². The number of halogens is 1. The van der Waals surface area contributed by atoms with Crippen LogP contribution in [0.4, 0.5) is 4.39 Å². The lowest BCUT2D eigenvalue weighted by Gasteiger charge is -2.31. The average Bonchev–Trinajstić information content (AvgIpc) is 3.15. The molecule has 0 radical (unpaired) electrons. The van der Waals surface area contributed by atoms with Gasteiger partial charge in [-0.15, -0.1) is 11.3 Å². The van der Waals surface area contributed by atoms with Crippen molar-refractivity contribution in [1.29, 1.82) is 0 Å². The number of para-hydroxylation sites is 1. The van der Waals surface area contributed by atoms with E-state index < -0.39 is 5.82 Å². The first-order chi connectivity index (χ1) is 14.1. The van der Waals surface area contributed by atoms with Crippen LogP contribution in [0.15, 0.2) is 48.5 Å². The Morgan fingerprint density at radius 3 is 2.55 bits per heavy atom. The number of thiazole rings is 1. The fraction of sp³-hybridized carbons (Fsp3) is 0.286. The first-order valence-corrected chi connectivity index (χ1v) is 10.4. The van der Waals surface area contributed by atoms with Crippen LogP contribution in [0.1, 0.15) is 15.4 Å². The molecule has 2 aromatic carbocycles. The molecule has 1 aliphatic heterocycles. The van der Waals surface area contributed by atoms with Crippen LogP contribution in [-0.4, -0.2) is 54.4 Å². The van der Waals surface area contributed by atoms with Crippen molar-refractivity contribution in [3.8, 4) is 0 Å². The van der Waals surface area contributed by atoms with E-state index in [-0.39, 0.29) is 18.4 Å². The van der Waals surface area contributed by atoms with E-state index in [2.05, 4.69) is 11.4 Å². The zero-order chi connectivity index (χ0) is 20.2. The monoisotopic (exact) mass is 413 g/mol. The van der Waals surface area contributed by atoms with E-state index in [0.717, 1.165) is 30.2 Å². The van der Waals surface area contributed by atoms with Gasteiger partial charge in [0.15, 0.2) is 0 Å². The summed E-state index contributed by atoms with van der Waals surface area (Å²) in [5.74, 6) is -0.873. The molecule has 2 N–H and O–H groups in total. The zero-order valence-corrected chi connectivity index (χ0v) is 16.7. The summed E-state index contributed by atoms with van der Waals surface area (Å²) in [6.07, 6.45) is 0. The third kappa shape index (κ3) is 4.78. The lowest BCUT2D eigenvalue weighted by molar-refractivity contribution is -0.917. The number of rotatable bonds is 5. The Bertz CT molecular complexity index is 980. The second-order valence-electron chi connectivity index (χ2n) is 7.07. The third-order valence-electron chi connectivity index (χ3n) is 5.07. The molecule has 29 heavy (non-hydrogen) atoms. The fourth-order valence-electron chi connectivity index (χ4n) is 3.43. The van der Waals surface area contributed by atoms with Crippen LogP contribution in [0.25, 0.3) is 10.2 Å². The van der Waals surface area contributed by atoms with Crippen LogP contribution in [0, 0.1) is 5.82 Å². The fourth-order valence-corrected chi connectivity index (χ4v) is 4.47. The highest BCUT2D eigenvalue weighted by molar-refractivity contribution is 7.18. The Kier molecular flexibility index (Phi) is 5.82. The Labute approximate surface area is 172 Å². The van der Waals surface area contributed by atoms with Gasteiger partial charge in [0.05, 0.1) is 42.9 Å². The smallest absolute Gasteiger partial charge is 0.251 e. The minimum absolute atomic E-state index is 0.0522. The van der Waals surface area contributed by atoms with E-state index in [1.807, 2.05) is 18.2 Å². The number of hydrogen-bond donors (Lipinski definition) is 2. The van der Waals surface area contributed by atoms with Gasteiger partial charge >= 0.3 is 0 Å². The van der Waals surface area contributed by atoms with E-state index in [1.165, 1.54) is 33.9 Å². The molecular weight excluding hydrogens is 391 g/mol. The normalized spacial score (nSPS) is 14.9. The minimum atomic E-state index is -0.399. The van der Waals surface area contributed by atoms with Gasteiger partial charge in [-0.05, 0) is 36.4 Å². The molecule has 0 atom stereocenters. The topological polar surface area (TPSA) is 66.7 Å². The molecule has 150 valence electrons. The number of benzene rings is 2. The van der Waals surface area contributed by atoms with Gasteiger partial charge in [0.2, 0.25) is 5.91 Å². The molecule has 1 fully saturated rings. The van der Waals surface area contributed by atoms with Crippen molar-refractivity contribution in [1.82, 2.24) is 15.2 Å². The molecular formula is C21H22FN4O2S+. The molecule has 2 heterocycles. The molecule has 2 amide bonds. The molecule has 4 rings (SSSR count). The number of aromatic nitrogens is 1. The molecule has 0 spiro atoms. The number of nitrogens with zero attached hydrogens (tertiary/aromatic N) is 2. The zero-order valence-electron chi connectivity index (χ0n) is 15.9. The van der Waals surface area contributed by atoms with Crippen molar-refractivity contribution in [2.75, 3.05) is 32.7 Å². The summed E-state index contributed by atoms with van der Waals surface area (Å²) in [5, 5.41) is 3.73. The summed E-state index contributed by atoms with van der Waals surface area (Å²) in [6.45, 7) is 3.84. The maximum absolute atomic E-state index is 12.9. The maximum atomic E-state index is 12.9. The molecule has 6 nitrogen and oxygen atoms in total. The van der Waals surface area contributed by atoms with Crippen LogP contribution in [0.2, 0.25) is 0 Å². The van der Waals surface area contributed by atoms with Gasteiger partial charge in [0.25, 0.3) is 5.91 Å². The highest BCUT2D eigenvalue weighted by Crippen LogP contribution is 2.20. The highest BCUT2D eigenvalue weighted by Gasteiger charge is 2.24. The van der Waals surface area contributed by atoms with Crippen LogP contribution in [0.3, 0.4) is 0 Å². The molecule has 0 bridgehead atoms. The SMILES string of the molecule is O=C(NCC(=O)N1CC[NH+](Cc2nc3ccccc3s2)CC1)c1ccc(F)cc1. The van der Waals surface area contributed by atoms with E-state index in [4.69, 9.17) is 4.98 Å². The lowest BCUT2D eigenvalue weighted by Crippen LogP contribution is -3.13. The molecule has 0 unspecified atom stereocenters. The van der Waals surface area contributed by atoms with Crippen molar-refractivity contribution in [3.63, 3.8) is 0 Å². The van der Waals surface area contributed by atoms with Crippen LogP contribution in [-0.2, 0) is 11.3 Å². The Morgan fingerprint density at radius 1 is 1.10 bits per heavy atom. The number of fused-ring (bicyclic) bond motifs is 1. The van der Waals surface area contributed by atoms with Gasteiger partial charge in [0.1, 0.15) is 17.4 Å².